The van der Waals surface area contributed by atoms with Crippen LogP contribution in [0, 0.1) is 11.7 Å². The quantitative estimate of drug-likeness (QED) is 0.869. The molecule has 2 N–H and O–H groups in total. The van der Waals surface area contributed by atoms with Crippen molar-refractivity contribution in [3.63, 3.8) is 0 Å². The number of halogens is 1. The maximum absolute atomic E-state index is 13.9. The van der Waals surface area contributed by atoms with E-state index in [0.29, 0.717) is 18.5 Å². The Morgan fingerprint density at radius 1 is 1.29 bits per heavy atom. The molecule has 2 nitrogen and oxygen atoms in total. The van der Waals surface area contributed by atoms with Crippen LogP contribution in [-0.2, 0) is 0 Å². The zero-order valence-corrected chi connectivity index (χ0v) is 9.98. The Balaban J connectivity index is 1.87. The fourth-order valence-corrected chi connectivity index (χ4v) is 2.98. The number of hydrogen-bond acceptors (Lipinski definition) is 2. The fraction of sp³-hybridized carbons (Fsp3) is 0.571. The third kappa shape index (κ3) is 2.09. The summed E-state index contributed by atoms with van der Waals surface area (Å²) in [6, 6.07) is 8.10. The predicted octanol–water partition coefficient (Wildman–Crippen LogP) is 2.31. The summed E-state index contributed by atoms with van der Waals surface area (Å²) in [6.45, 7) is 1.76. The first-order valence-corrected chi connectivity index (χ1v) is 6.50. The van der Waals surface area contributed by atoms with Gasteiger partial charge < -0.3 is 5.73 Å². The van der Waals surface area contributed by atoms with E-state index in [1.165, 1.54) is 12.8 Å². The van der Waals surface area contributed by atoms with Crippen molar-refractivity contribution < 1.29 is 4.39 Å². The zero-order valence-electron chi connectivity index (χ0n) is 9.98. The van der Waals surface area contributed by atoms with Gasteiger partial charge in [-0.3, -0.25) is 4.90 Å². The van der Waals surface area contributed by atoms with E-state index in [4.69, 9.17) is 5.73 Å². The van der Waals surface area contributed by atoms with Crippen molar-refractivity contribution in [3.05, 3.63) is 35.6 Å². The van der Waals surface area contributed by atoms with Crippen LogP contribution in [0.4, 0.5) is 4.39 Å². The summed E-state index contributed by atoms with van der Waals surface area (Å²) in [6.07, 6.45) is 3.54. The second-order valence-electron chi connectivity index (χ2n) is 5.30. The van der Waals surface area contributed by atoms with Crippen LogP contribution in [-0.4, -0.2) is 24.0 Å². The molecule has 1 aliphatic carbocycles. The molecule has 2 unspecified atom stereocenters. The van der Waals surface area contributed by atoms with E-state index in [1.54, 1.807) is 12.1 Å². The monoisotopic (exact) mass is 234 g/mol. The Labute approximate surface area is 102 Å². The van der Waals surface area contributed by atoms with Crippen LogP contribution in [0.3, 0.4) is 0 Å². The van der Waals surface area contributed by atoms with Gasteiger partial charge in [0.15, 0.2) is 0 Å². The van der Waals surface area contributed by atoms with E-state index in [2.05, 4.69) is 4.90 Å². The summed E-state index contributed by atoms with van der Waals surface area (Å²) in [5.74, 6) is 0.459. The molecule has 3 rings (SSSR count). The van der Waals surface area contributed by atoms with E-state index >= 15 is 0 Å². The molecule has 17 heavy (non-hydrogen) atoms. The average Bonchev–Trinajstić information content (AvgIpc) is 3.10. The second kappa shape index (κ2) is 4.39. The van der Waals surface area contributed by atoms with Crippen LogP contribution in [0.25, 0.3) is 0 Å². The van der Waals surface area contributed by atoms with Crippen LogP contribution >= 0.6 is 0 Å². The van der Waals surface area contributed by atoms with Crippen molar-refractivity contribution in [1.82, 2.24) is 4.90 Å². The minimum Gasteiger partial charge on any atom is -0.330 e. The first-order chi connectivity index (χ1) is 8.29. The van der Waals surface area contributed by atoms with Gasteiger partial charge in [-0.1, -0.05) is 18.2 Å². The number of likely N-dealkylation sites (tertiary alicyclic amines) is 1. The van der Waals surface area contributed by atoms with Crippen LogP contribution in [0.2, 0.25) is 0 Å². The molecule has 3 heteroatoms. The van der Waals surface area contributed by atoms with Crippen molar-refractivity contribution in [1.29, 1.82) is 0 Å². The van der Waals surface area contributed by atoms with Crippen LogP contribution in [0.15, 0.2) is 24.3 Å². The molecule has 1 saturated carbocycles. The highest BCUT2D eigenvalue weighted by Crippen LogP contribution is 2.43. The summed E-state index contributed by atoms with van der Waals surface area (Å²) in [4.78, 5) is 2.47. The molecule has 1 aromatic carbocycles. The maximum Gasteiger partial charge on any atom is 0.127 e. The highest BCUT2D eigenvalue weighted by Gasteiger charge is 2.41. The Hall–Kier alpha value is -0.930. The van der Waals surface area contributed by atoms with Gasteiger partial charge in [0.1, 0.15) is 5.82 Å². The lowest BCUT2D eigenvalue weighted by Crippen LogP contribution is -2.27. The highest BCUT2D eigenvalue weighted by atomic mass is 19.1. The molecule has 0 bridgehead atoms. The Bertz CT molecular complexity index is 403. The average molecular weight is 234 g/mol. The number of rotatable bonds is 3. The van der Waals surface area contributed by atoms with Gasteiger partial charge in [-0.25, -0.2) is 4.39 Å². The van der Waals surface area contributed by atoms with Gasteiger partial charge in [0, 0.05) is 24.2 Å². The number of nitrogens with two attached hydrogens (primary N) is 1. The normalized spacial score (nSPS) is 29.8. The number of benzene rings is 1. The first-order valence-electron chi connectivity index (χ1n) is 6.50. The minimum absolute atomic E-state index is 0.0687. The van der Waals surface area contributed by atoms with Gasteiger partial charge in [0.05, 0.1) is 0 Å². The molecule has 92 valence electrons. The van der Waals surface area contributed by atoms with Crippen molar-refractivity contribution >= 4 is 0 Å². The molecule has 0 radical (unpaired) electrons. The topological polar surface area (TPSA) is 29.3 Å². The molecule has 0 amide bonds. The lowest BCUT2D eigenvalue weighted by Gasteiger charge is -2.24. The van der Waals surface area contributed by atoms with Gasteiger partial charge in [-0.05, 0) is 37.8 Å². The smallest absolute Gasteiger partial charge is 0.127 e. The summed E-state index contributed by atoms with van der Waals surface area (Å²) >= 11 is 0. The minimum atomic E-state index is -0.0687. The Morgan fingerprint density at radius 2 is 2.06 bits per heavy atom. The maximum atomic E-state index is 13.9. The van der Waals surface area contributed by atoms with E-state index in [9.17, 15) is 4.39 Å². The largest absolute Gasteiger partial charge is 0.330 e. The highest BCUT2D eigenvalue weighted by molar-refractivity contribution is 5.23. The number of nitrogens with zero attached hydrogens (tertiary/aromatic N) is 1. The third-order valence-corrected chi connectivity index (χ3v) is 4.04. The molecule has 2 atom stereocenters. The molecular weight excluding hydrogens is 215 g/mol. The summed E-state index contributed by atoms with van der Waals surface area (Å²) in [5.41, 5.74) is 6.63. The van der Waals surface area contributed by atoms with E-state index < -0.39 is 0 Å². The predicted molar refractivity (Wildman–Crippen MR) is 66.0 cm³/mol. The van der Waals surface area contributed by atoms with Gasteiger partial charge in [-0.2, -0.15) is 0 Å². The van der Waals surface area contributed by atoms with Crippen LogP contribution in [0.1, 0.15) is 30.9 Å². The summed E-state index contributed by atoms with van der Waals surface area (Å²) < 4.78 is 13.9. The molecule has 2 fully saturated rings. The van der Waals surface area contributed by atoms with Crippen LogP contribution < -0.4 is 5.73 Å². The Kier molecular flexibility index (Phi) is 2.89. The molecule has 1 heterocycles. The molecule has 1 saturated heterocycles. The first kappa shape index (κ1) is 11.2. The van der Waals surface area contributed by atoms with Crippen LogP contribution in [0.5, 0.6) is 0 Å². The Morgan fingerprint density at radius 3 is 2.71 bits per heavy atom. The zero-order chi connectivity index (χ0) is 11.8. The van der Waals surface area contributed by atoms with Gasteiger partial charge in [-0.15, -0.1) is 0 Å². The van der Waals surface area contributed by atoms with Crippen molar-refractivity contribution in [2.75, 3.05) is 13.1 Å². The molecule has 0 spiro atoms. The fourth-order valence-electron chi connectivity index (χ4n) is 2.98. The SMILES string of the molecule is NCC1CC(c2ccccc2F)N(C2CC2)C1. The summed E-state index contributed by atoms with van der Waals surface area (Å²) in [5, 5.41) is 0. The molecule has 2 aliphatic rings. The molecule has 0 aromatic heterocycles. The lowest BCUT2D eigenvalue weighted by atomic mass is 9.99. The second-order valence-corrected chi connectivity index (χ2v) is 5.30. The van der Waals surface area contributed by atoms with Crippen molar-refractivity contribution in [3.8, 4) is 0 Å². The van der Waals surface area contributed by atoms with E-state index in [1.807, 2.05) is 12.1 Å². The number of hydrogen-bond donors (Lipinski definition) is 1. The third-order valence-electron chi connectivity index (χ3n) is 4.04. The lowest BCUT2D eigenvalue weighted by molar-refractivity contribution is 0.238. The van der Waals surface area contributed by atoms with Gasteiger partial charge in [0.25, 0.3) is 0 Å². The molecule has 1 aromatic rings. The van der Waals surface area contributed by atoms with Crippen molar-refractivity contribution in [2.24, 2.45) is 11.7 Å². The standard InChI is InChI=1S/C14H19FN2/c15-13-4-2-1-3-12(13)14-7-10(8-16)9-17(14)11-5-6-11/h1-4,10-11,14H,5-9,16H2. The summed E-state index contributed by atoms with van der Waals surface area (Å²) in [7, 11) is 0. The molecular formula is C14H19FN2. The van der Waals surface area contributed by atoms with Gasteiger partial charge in [0.2, 0.25) is 0 Å². The molecule has 1 aliphatic heterocycles. The van der Waals surface area contributed by atoms with E-state index in [-0.39, 0.29) is 11.9 Å². The van der Waals surface area contributed by atoms with E-state index in [0.717, 1.165) is 18.5 Å². The van der Waals surface area contributed by atoms with Gasteiger partial charge >= 0.3 is 0 Å². The van der Waals surface area contributed by atoms with Crippen molar-refractivity contribution in [2.45, 2.75) is 31.3 Å².